The highest BCUT2D eigenvalue weighted by molar-refractivity contribution is 7.98. The highest BCUT2D eigenvalue weighted by Gasteiger charge is 2.48. The molecule has 1 aromatic heterocycles. The lowest BCUT2D eigenvalue weighted by Gasteiger charge is -2.46. The third-order valence-corrected chi connectivity index (χ3v) is 7.81. The molecule has 2 aliphatic rings. The molecule has 1 amide bonds. The Bertz CT molecular complexity index is 1560. The third-order valence-electron chi connectivity index (χ3n) is 6.64. The Labute approximate surface area is 222 Å². The Morgan fingerprint density at radius 3 is 2.46 bits per heavy atom. The molecule has 3 aromatic rings. The molecular formula is C26H20F5N3O4S. The van der Waals surface area contributed by atoms with Crippen LogP contribution in [0.5, 0.6) is 5.75 Å². The van der Waals surface area contributed by atoms with Crippen LogP contribution in [-0.4, -0.2) is 40.3 Å². The Hall–Kier alpha value is -3.87. The van der Waals surface area contributed by atoms with Crippen molar-refractivity contribution >= 4 is 23.6 Å². The number of alkyl halides is 3. The molecule has 13 heteroatoms. The summed E-state index contributed by atoms with van der Waals surface area (Å²) in [5.41, 5.74) is -0.775. The molecule has 2 atom stereocenters. The predicted octanol–water partition coefficient (Wildman–Crippen LogP) is 4.75. The quantitative estimate of drug-likeness (QED) is 0.337. The predicted molar refractivity (Wildman–Crippen MR) is 131 cm³/mol. The molecule has 0 saturated carbocycles. The van der Waals surface area contributed by atoms with E-state index in [1.807, 2.05) is 0 Å². The molecular weight excluding hydrogens is 545 g/mol. The molecule has 0 radical (unpaired) electrons. The SMILES string of the molecule is CC(=O)Oc1c2n(ccc1=O)N([C@@H]1c3cccc(F)c3SCc3cccc(F)c31)CN([C@H](C)C(F)(F)F)C2=O. The van der Waals surface area contributed by atoms with E-state index >= 15 is 8.78 Å². The number of hydrogen-bond donors (Lipinski definition) is 0. The molecule has 0 bridgehead atoms. The summed E-state index contributed by atoms with van der Waals surface area (Å²) < 4.78 is 78.4. The summed E-state index contributed by atoms with van der Waals surface area (Å²) in [6.07, 6.45) is -3.73. The van der Waals surface area contributed by atoms with Gasteiger partial charge in [0.15, 0.2) is 5.69 Å². The van der Waals surface area contributed by atoms with Gasteiger partial charge in [0.2, 0.25) is 11.2 Å². The van der Waals surface area contributed by atoms with Gasteiger partial charge >= 0.3 is 12.1 Å². The van der Waals surface area contributed by atoms with Crippen LogP contribution < -0.4 is 15.2 Å². The summed E-state index contributed by atoms with van der Waals surface area (Å²) >= 11 is 1.11. The van der Waals surface area contributed by atoms with Crippen molar-refractivity contribution in [3.63, 3.8) is 0 Å². The average Bonchev–Trinajstić information content (AvgIpc) is 3.03. The number of thioether (sulfide) groups is 1. The molecule has 2 aliphatic heterocycles. The van der Waals surface area contributed by atoms with Gasteiger partial charge in [-0.3, -0.25) is 24.1 Å². The van der Waals surface area contributed by atoms with Crippen molar-refractivity contribution in [1.29, 1.82) is 0 Å². The summed E-state index contributed by atoms with van der Waals surface area (Å²) in [5.74, 6) is -4.09. The maximum absolute atomic E-state index is 15.5. The van der Waals surface area contributed by atoms with Crippen molar-refractivity contribution in [2.45, 2.75) is 42.8 Å². The first kappa shape index (κ1) is 26.7. The Morgan fingerprint density at radius 2 is 1.77 bits per heavy atom. The number of carbonyl (C=O) groups is 2. The van der Waals surface area contributed by atoms with Crippen LogP contribution in [0.4, 0.5) is 22.0 Å². The van der Waals surface area contributed by atoms with Crippen LogP contribution in [0.1, 0.15) is 47.1 Å². The van der Waals surface area contributed by atoms with Crippen LogP contribution in [0.25, 0.3) is 0 Å². The molecule has 0 saturated heterocycles. The first-order valence-electron chi connectivity index (χ1n) is 11.7. The van der Waals surface area contributed by atoms with Crippen molar-refractivity contribution in [2.24, 2.45) is 0 Å². The summed E-state index contributed by atoms with van der Waals surface area (Å²) in [6, 6.07) is 5.84. The molecule has 0 N–H and O–H groups in total. The van der Waals surface area contributed by atoms with E-state index in [0.29, 0.717) is 10.5 Å². The van der Waals surface area contributed by atoms with Gasteiger partial charge in [0, 0.05) is 35.4 Å². The number of benzene rings is 2. The highest BCUT2D eigenvalue weighted by Crippen LogP contribution is 2.45. The van der Waals surface area contributed by atoms with E-state index in [1.165, 1.54) is 35.3 Å². The molecule has 0 fully saturated rings. The number of esters is 1. The zero-order chi connectivity index (χ0) is 28.2. The van der Waals surface area contributed by atoms with Gasteiger partial charge in [0.05, 0.1) is 0 Å². The lowest BCUT2D eigenvalue weighted by molar-refractivity contribution is -0.173. The van der Waals surface area contributed by atoms with Crippen LogP contribution in [0, 0.1) is 11.6 Å². The second-order valence-electron chi connectivity index (χ2n) is 9.03. The number of hydrogen-bond acceptors (Lipinski definition) is 6. The zero-order valence-electron chi connectivity index (χ0n) is 20.5. The summed E-state index contributed by atoms with van der Waals surface area (Å²) in [6.45, 7) is 1.02. The number of rotatable bonds is 3. The standard InChI is InChI=1S/C26H20F5N3O4S/c1-13(26(29,30)31)32-12-34(33-10-9-19(36)23(38-14(2)35)22(33)25(32)37)21-16-6-4-8-18(28)24(16)39-11-15-5-3-7-17(27)20(15)21/h3-10,13,21H,11-12H2,1-2H3/t13-,21-/m1/s1. The second-order valence-corrected chi connectivity index (χ2v) is 10.0. The Balaban J connectivity index is 1.84. The van der Waals surface area contributed by atoms with Crippen molar-refractivity contribution in [3.05, 3.63) is 92.9 Å². The maximum atomic E-state index is 15.5. The molecule has 39 heavy (non-hydrogen) atoms. The number of amides is 1. The molecule has 204 valence electrons. The van der Waals surface area contributed by atoms with Crippen LogP contribution in [-0.2, 0) is 10.5 Å². The zero-order valence-corrected chi connectivity index (χ0v) is 21.3. The topological polar surface area (TPSA) is 71.8 Å². The summed E-state index contributed by atoms with van der Waals surface area (Å²) in [5, 5.41) is 1.23. The minimum atomic E-state index is -4.87. The number of fused-ring (bicyclic) bond motifs is 3. The minimum Gasteiger partial charge on any atom is -0.420 e. The maximum Gasteiger partial charge on any atom is 0.408 e. The van der Waals surface area contributed by atoms with E-state index in [4.69, 9.17) is 4.74 Å². The number of aromatic nitrogens is 1. The van der Waals surface area contributed by atoms with Gasteiger partial charge in [0.1, 0.15) is 30.4 Å². The third kappa shape index (κ3) is 4.54. The minimum absolute atomic E-state index is 0.0713. The number of carbonyl (C=O) groups excluding carboxylic acids is 2. The Kier molecular flexibility index (Phi) is 6.65. The van der Waals surface area contributed by atoms with E-state index in [0.717, 1.165) is 42.5 Å². The van der Waals surface area contributed by atoms with Gasteiger partial charge < -0.3 is 9.64 Å². The average molecular weight is 566 g/mol. The molecule has 3 heterocycles. The number of nitrogens with zero attached hydrogens (tertiary/aromatic N) is 3. The molecule has 0 unspecified atom stereocenters. The van der Waals surface area contributed by atoms with Gasteiger partial charge in [-0.2, -0.15) is 13.2 Å². The monoisotopic (exact) mass is 565 g/mol. The van der Waals surface area contributed by atoms with Crippen LogP contribution >= 0.6 is 11.8 Å². The highest BCUT2D eigenvalue weighted by atomic mass is 32.2. The molecule has 5 rings (SSSR count). The Morgan fingerprint density at radius 1 is 1.08 bits per heavy atom. The fraction of sp³-hybridized carbons (Fsp3) is 0.269. The number of ether oxygens (including phenoxy) is 1. The second kappa shape index (κ2) is 9.70. The van der Waals surface area contributed by atoms with E-state index in [1.54, 1.807) is 6.07 Å². The normalized spacial score (nSPS) is 17.6. The lowest BCUT2D eigenvalue weighted by atomic mass is 9.93. The number of halogens is 5. The first-order chi connectivity index (χ1) is 18.4. The van der Waals surface area contributed by atoms with E-state index in [9.17, 15) is 27.6 Å². The van der Waals surface area contributed by atoms with Crippen molar-refractivity contribution < 1.29 is 36.3 Å². The first-order valence-corrected chi connectivity index (χ1v) is 12.7. The molecule has 7 nitrogen and oxygen atoms in total. The smallest absolute Gasteiger partial charge is 0.408 e. The van der Waals surface area contributed by atoms with Crippen molar-refractivity contribution in [2.75, 3.05) is 11.7 Å². The lowest BCUT2D eigenvalue weighted by Crippen LogP contribution is -2.60. The van der Waals surface area contributed by atoms with Gasteiger partial charge in [-0.1, -0.05) is 24.3 Å². The summed E-state index contributed by atoms with van der Waals surface area (Å²) in [4.78, 5) is 38.5. The van der Waals surface area contributed by atoms with Gasteiger partial charge in [-0.05, 0) is 30.2 Å². The molecule has 0 spiro atoms. The van der Waals surface area contributed by atoms with Crippen LogP contribution in [0.2, 0.25) is 0 Å². The van der Waals surface area contributed by atoms with Crippen molar-refractivity contribution in [1.82, 2.24) is 9.58 Å². The number of pyridine rings is 1. The fourth-order valence-corrected chi connectivity index (χ4v) is 5.89. The largest absolute Gasteiger partial charge is 0.420 e. The van der Waals surface area contributed by atoms with Gasteiger partial charge in [-0.25, -0.2) is 8.78 Å². The van der Waals surface area contributed by atoms with Crippen LogP contribution in [0.15, 0.2) is 58.4 Å². The van der Waals surface area contributed by atoms with E-state index in [-0.39, 0.29) is 21.8 Å². The van der Waals surface area contributed by atoms with Gasteiger partial charge in [-0.15, -0.1) is 11.8 Å². The summed E-state index contributed by atoms with van der Waals surface area (Å²) in [7, 11) is 0. The van der Waals surface area contributed by atoms with Crippen molar-refractivity contribution in [3.8, 4) is 5.75 Å². The van der Waals surface area contributed by atoms with E-state index in [2.05, 4.69) is 0 Å². The van der Waals surface area contributed by atoms with E-state index < -0.39 is 65.3 Å². The fourth-order valence-electron chi connectivity index (χ4n) is 4.79. The molecule has 0 aliphatic carbocycles. The van der Waals surface area contributed by atoms with Crippen LogP contribution in [0.3, 0.4) is 0 Å². The molecule has 2 aromatic carbocycles. The van der Waals surface area contributed by atoms with Gasteiger partial charge in [0.25, 0.3) is 5.91 Å².